The predicted molar refractivity (Wildman–Crippen MR) is 393 cm³/mol. The van der Waals surface area contributed by atoms with E-state index < -0.39 is 67.4 Å². The van der Waals surface area contributed by atoms with Gasteiger partial charge in [-0.2, -0.15) is 0 Å². The van der Waals surface area contributed by atoms with Crippen molar-refractivity contribution in [3.63, 3.8) is 0 Å². The molecule has 1 heterocycles. The van der Waals surface area contributed by atoms with E-state index in [1.807, 2.05) is 6.08 Å². The summed E-state index contributed by atoms with van der Waals surface area (Å²) in [5.41, 5.74) is 0. The zero-order chi connectivity index (χ0) is 67.4. The molecule has 1 rings (SSSR count). The summed E-state index contributed by atoms with van der Waals surface area (Å²) in [6, 6.07) is -1.04. The summed E-state index contributed by atoms with van der Waals surface area (Å²) in [7, 11) is 0. The van der Waals surface area contributed by atoms with Gasteiger partial charge in [0.25, 0.3) is 0 Å². The van der Waals surface area contributed by atoms with Crippen LogP contribution >= 0.6 is 0 Å². The first-order chi connectivity index (χ1) is 45.7. The quantitative estimate of drug-likeness (QED) is 0.0195. The molecule has 11 heteroatoms. The topological polar surface area (TPSA) is 175 Å². The molecule has 8 unspecified atom stereocenters. The van der Waals surface area contributed by atoms with Crippen LogP contribution in [0.1, 0.15) is 323 Å². The van der Waals surface area contributed by atoms with Gasteiger partial charge >= 0.3 is 5.97 Å². The van der Waals surface area contributed by atoms with Crippen molar-refractivity contribution in [3.05, 3.63) is 122 Å². The Morgan fingerprint density at radius 3 is 1.18 bits per heavy atom. The number of ether oxygens (including phenoxy) is 3. The Morgan fingerprint density at radius 2 is 0.774 bits per heavy atom. The summed E-state index contributed by atoms with van der Waals surface area (Å²) >= 11 is 0. The zero-order valence-electron chi connectivity index (χ0n) is 59.6. The van der Waals surface area contributed by atoms with Crippen LogP contribution in [0.4, 0.5) is 0 Å². The van der Waals surface area contributed by atoms with Crippen molar-refractivity contribution in [1.82, 2.24) is 5.32 Å². The fourth-order valence-corrected chi connectivity index (χ4v) is 11.4. The van der Waals surface area contributed by atoms with Gasteiger partial charge in [0.05, 0.1) is 25.4 Å². The third kappa shape index (κ3) is 54.8. The molecule has 0 radical (unpaired) electrons. The number of esters is 1. The van der Waals surface area contributed by atoms with Crippen LogP contribution in [0.25, 0.3) is 0 Å². The Kier molecular flexibility index (Phi) is 63.7. The molecule has 0 bridgehead atoms. The number of hydrogen-bond donors (Lipinski definition) is 6. The number of unbranched alkanes of at least 4 members (excludes halogenated alkanes) is 33. The molecule has 0 saturated carbocycles. The lowest BCUT2D eigenvalue weighted by atomic mass is 9.99. The Balaban J connectivity index is 2.56. The van der Waals surface area contributed by atoms with Gasteiger partial charge in [0.2, 0.25) is 5.91 Å². The number of carbonyl (C=O) groups excluding carboxylic acids is 2. The fraction of sp³-hybridized carbons (Fsp3) is 0.732. The molecule has 8 atom stereocenters. The highest BCUT2D eigenvalue weighted by Crippen LogP contribution is 2.26. The van der Waals surface area contributed by atoms with E-state index in [2.05, 4.69) is 135 Å². The average Bonchev–Trinajstić information content (AvgIpc) is 0.918. The Hall–Kier alpha value is -3.94. The molecule has 11 nitrogen and oxygen atoms in total. The minimum absolute atomic E-state index is 0.116. The molecule has 0 aromatic heterocycles. The van der Waals surface area contributed by atoms with Crippen LogP contribution in [-0.2, 0) is 23.8 Å². The van der Waals surface area contributed by atoms with Crippen LogP contribution in [0.5, 0.6) is 0 Å². The highest BCUT2D eigenvalue weighted by Gasteiger charge is 2.47. The molecular formula is C82H141NO10. The number of allylic oxidation sites excluding steroid dienone is 19. The summed E-state index contributed by atoms with van der Waals surface area (Å²) < 4.78 is 17.7. The Labute approximate surface area is 570 Å². The van der Waals surface area contributed by atoms with Gasteiger partial charge in [-0.1, -0.05) is 322 Å². The third-order valence-corrected chi connectivity index (χ3v) is 17.3. The second-order valence-electron chi connectivity index (χ2n) is 26.0. The van der Waals surface area contributed by atoms with Crippen LogP contribution in [-0.4, -0.2) is 99.6 Å². The van der Waals surface area contributed by atoms with Gasteiger partial charge in [0.1, 0.15) is 24.4 Å². The first-order valence-corrected chi connectivity index (χ1v) is 38.3. The summed E-state index contributed by atoms with van der Waals surface area (Å²) in [5, 5.41) is 57.4. The number of carbonyl (C=O) groups is 2. The lowest BCUT2D eigenvalue weighted by Gasteiger charge is -2.41. The number of amides is 1. The monoisotopic (exact) mass is 1300 g/mol. The molecule has 0 aromatic rings. The van der Waals surface area contributed by atoms with E-state index in [0.29, 0.717) is 12.8 Å². The maximum atomic E-state index is 13.5. The molecule has 1 aliphatic heterocycles. The van der Waals surface area contributed by atoms with Crippen LogP contribution in [0.15, 0.2) is 122 Å². The van der Waals surface area contributed by atoms with Crippen molar-refractivity contribution in [1.29, 1.82) is 0 Å². The first kappa shape index (κ1) is 87.1. The maximum Gasteiger partial charge on any atom is 0.306 e. The molecule has 1 amide bonds. The number of hydrogen-bond acceptors (Lipinski definition) is 10. The molecule has 0 spiro atoms. The molecule has 0 aliphatic carbocycles. The predicted octanol–water partition coefficient (Wildman–Crippen LogP) is 20.5. The number of aliphatic hydroxyl groups excluding tert-OH is 5. The molecule has 1 saturated heterocycles. The van der Waals surface area contributed by atoms with Crippen molar-refractivity contribution in [2.24, 2.45) is 0 Å². The van der Waals surface area contributed by atoms with Crippen LogP contribution < -0.4 is 5.32 Å². The smallest absolute Gasteiger partial charge is 0.306 e. The van der Waals surface area contributed by atoms with Crippen molar-refractivity contribution < 1.29 is 49.3 Å². The van der Waals surface area contributed by atoms with Gasteiger partial charge in [-0.15, -0.1) is 0 Å². The standard InChI is InChI=1S/C82H141NO10/c1-4-7-10-13-16-19-22-25-27-29-31-33-35-37-38-39-41-43-45-47-49-52-55-58-61-64-67-70-77(87)93-80-79(89)78(88)76(71-84)92-82(80)91-72-73(74(85)68-65-62-59-56-53-50-24-21-18-15-12-9-6-3)83-81(90)75(86)69-66-63-60-57-54-51-48-46-44-42-40-36-34-32-30-28-26-23-20-17-14-11-8-5-2/h8,11,16-17,19-20,25-28,31-34,40,42,46,48,65,68,73-76,78-80,82,84-86,88-89H,4-7,9-10,12-15,18,21-24,29-30,35-39,41,43-45,47,49-64,66-67,69-72H2,1-3H3,(H,83,90)/b11-8-,19-16-,20-17-,27-25-,28-26-,33-31-,34-32-,42-40-,48-46-,68-65+. The maximum absolute atomic E-state index is 13.5. The molecule has 1 fully saturated rings. The third-order valence-electron chi connectivity index (χ3n) is 17.3. The van der Waals surface area contributed by atoms with E-state index in [1.165, 1.54) is 154 Å². The van der Waals surface area contributed by atoms with Crippen molar-refractivity contribution in [2.45, 2.75) is 372 Å². The zero-order valence-corrected chi connectivity index (χ0v) is 59.6. The summed E-state index contributed by atoms with van der Waals surface area (Å²) in [4.78, 5) is 26.8. The van der Waals surface area contributed by atoms with Crippen molar-refractivity contribution >= 4 is 11.9 Å². The van der Waals surface area contributed by atoms with E-state index >= 15 is 0 Å². The highest BCUT2D eigenvalue weighted by molar-refractivity contribution is 5.80. The van der Waals surface area contributed by atoms with Gasteiger partial charge in [0, 0.05) is 6.42 Å². The molecule has 93 heavy (non-hydrogen) atoms. The largest absolute Gasteiger partial charge is 0.454 e. The lowest BCUT2D eigenvalue weighted by molar-refractivity contribution is -0.305. The summed E-state index contributed by atoms with van der Waals surface area (Å²) in [6.07, 6.45) is 85.2. The van der Waals surface area contributed by atoms with E-state index in [4.69, 9.17) is 14.2 Å². The van der Waals surface area contributed by atoms with Crippen molar-refractivity contribution in [2.75, 3.05) is 13.2 Å². The van der Waals surface area contributed by atoms with E-state index in [9.17, 15) is 35.1 Å². The normalized spacial score (nSPS) is 18.6. The van der Waals surface area contributed by atoms with Gasteiger partial charge in [-0.05, 0) is 116 Å². The van der Waals surface area contributed by atoms with E-state index in [1.54, 1.807) is 6.08 Å². The van der Waals surface area contributed by atoms with E-state index in [-0.39, 0.29) is 19.4 Å². The second-order valence-corrected chi connectivity index (χ2v) is 26.0. The molecule has 6 N–H and O–H groups in total. The minimum Gasteiger partial charge on any atom is -0.454 e. The molecule has 534 valence electrons. The Morgan fingerprint density at radius 1 is 0.430 bits per heavy atom. The number of rotatable bonds is 65. The first-order valence-electron chi connectivity index (χ1n) is 38.3. The van der Waals surface area contributed by atoms with Crippen LogP contribution in [0.2, 0.25) is 0 Å². The van der Waals surface area contributed by atoms with Gasteiger partial charge in [0.15, 0.2) is 12.4 Å². The van der Waals surface area contributed by atoms with Gasteiger partial charge < -0.3 is 45.1 Å². The van der Waals surface area contributed by atoms with E-state index in [0.717, 1.165) is 122 Å². The SMILES string of the molecule is CC/C=C\C/C=C\C/C=C\C/C=C\C/C=C\C/C=C\CCCCCCCC(O)C(=O)NC(COC1OC(CO)C(O)C(O)C1OC(=O)CCCCCCCCCCCCCCCC/C=C\C/C=C\C/C=C\CCCCC)C(O)/C=C/CCCCCCCCCCCCC. The van der Waals surface area contributed by atoms with Gasteiger partial charge in [-0.25, -0.2) is 0 Å². The lowest BCUT2D eigenvalue weighted by Crippen LogP contribution is -2.61. The number of aliphatic hydroxyl groups is 5. The summed E-state index contributed by atoms with van der Waals surface area (Å²) in [5.74, 6) is -1.21. The minimum atomic E-state index is -1.62. The van der Waals surface area contributed by atoms with Gasteiger partial charge in [-0.3, -0.25) is 9.59 Å². The Bertz CT molecular complexity index is 1980. The highest BCUT2D eigenvalue weighted by atomic mass is 16.7. The molecule has 1 aliphatic rings. The molecular weight excluding hydrogens is 1160 g/mol. The number of nitrogens with one attached hydrogen (secondary N) is 1. The van der Waals surface area contributed by atoms with Crippen molar-refractivity contribution in [3.8, 4) is 0 Å². The van der Waals surface area contributed by atoms with Crippen LogP contribution in [0.3, 0.4) is 0 Å². The average molecular weight is 1300 g/mol. The second kappa shape index (κ2) is 68.0. The van der Waals surface area contributed by atoms with Crippen LogP contribution in [0, 0.1) is 0 Å². The molecule has 0 aromatic carbocycles. The fourth-order valence-electron chi connectivity index (χ4n) is 11.4. The summed E-state index contributed by atoms with van der Waals surface area (Å²) in [6.45, 7) is 5.67.